The number of carbonyl (C=O) groups is 2. The fourth-order valence-corrected chi connectivity index (χ4v) is 2.33. The summed E-state index contributed by atoms with van der Waals surface area (Å²) < 4.78 is 0. The second-order valence-corrected chi connectivity index (χ2v) is 5.74. The largest absolute Gasteiger partial charge is 0.505 e. The highest BCUT2D eigenvalue weighted by molar-refractivity contribution is 6.62. The van der Waals surface area contributed by atoms with Gasteiger partial charge in [-0.25, -0.2) is 4.98 Å². The molecule has 1 aromatic heterocycles. The molecule has 0 aliphatic rings. The van der Waals surface area contributed by atoms with E-state index < -0.39 is 28.7 Å². The van der Waals surface area contributed by atoms with Crippen LogP contribution in [0.3, 0.4) is 0 Å². The van der Waals surface area contributed by atoms with Crippen molar-refractivity contribution in [1.82, 2.24) is 10.3 Å². The number of hydrogen-bond donors (Lipinski definition) is 3. The van der Waals surface area contributed by atoms with Gasteiger partial charge in [0.05, 0.1) is 11.4 Å². The van der Waals surface area contributed by atoms with E-state index in [9.17, 15) is 20.0 Å². The predicted octanol–water partition coefficient (Wildman–Crippen LogP) is -4.69. The minimum absolute atomic E-state index is 0.0544. The van der Waals surface area contributed by atoms with E-state index in [2.05, 4.69) is 4.98 Å². The van der Waals surface area contributed by atoms with Crippen molar-refractivity contribution >= 4 is 80.8 Å². The molecule has 0 aliphatic carbocycles. The number of amides is 1. The fraction of sp³-hybridized carbons (Fsp3) is 0.0667. The smallest absolute Gasteiger partial charge is 0.310 e. The molecular weight excluding hydrogens is 351 g/mol. The Bertz CT molecular complexity index is 1050. The van der Waals surface area contributed by atoms with Gasteiger partial charge in [0.25, 0.3) is 5.91 Å². The highest BCUT2D eigenvalue weighted by Gasteiger charge is 2.29. The van der Waals surface area contributed by atoms with Crippen molar-refractivity contribution in [2.24, 2.45) is 0 Å². The van der Waals surface area contributed by atoms with Crippen molar-refractivity contribution in [3.63, 3.8) is 0 Å². The van der Waals surface area contributed by atoms with Crippen LogP contribution in [0.1, 0.15) is 16.1 Å². The molecule has 122 valence electrons. The molecule has 0 atom stereocenters. The Morgan fingerprint density at radius 3 is 2.21 bits per heavy atom. The third kappa shape index (κ3) is 3.68. The molecule has 2 rings (SSSR count). The maximum absolute atomic E-state index is 12.1. The average Bonchev–Trinajstić information content (AvgIpc) is 2.60. The molecule has 1 amide bonds. The summed E-state index contributed by atoms with van der Waals surface area (Å²) in [6, 6.07) is 2.87. The van der Waals surface area contributed by atoms with E-state index in [4.69, 9.17) is 52.2 Å². The topological polar surface area (TPSA) is 123 Å². The minimum atomic E-state index is -2.58. The molecule has 13 heteroatoms. The highest BCUT2D eigenvalue weighted by Crippen LogP contribution is 2.22. The van der Waals surface area contributed by atoms with Gasteiger partial charge in [-0.1, -0.05) is 16.4 Å². The standard InChI is InChI=1S/C15H5B6N3O4/c16-8-5(2-22)9(17)11(19)10(18)7(8)4-1-6(25)12(23-3-4)13(26)24-15(20,21)14(27)28/h1,3,25H,(H,24,26)(H,27,28). The lowest BCUT2D eigenvalue weighted by Gasteiger charge is -2.22. The van der Waals surface area contributed by atoms with E-state index in [0.717, 1.165) is 12.3 Å². The number of hydrogen-bond acceptors (Lipinski definition) is 5. The lowest BCUT2D eigenvalue weighted by molar-refractivity contribution is -0.138. The Labute approximate surface area is 168 Å². The number of carboxylic acid groups (broad SMARTS) is 1. The molecule has 0 fully saturated rings. The van der Waals surface area contributed by atoms with Crippen molar-refractivity contribution in [3.05, 3.63) is 23.5 Å². The number of aliphatic carboxylic acids is 1. The molecule has 0 aliphatic heterocycles. The third-order valence-electron chi connectivity index (χ3n) is 3.82. The van der Waals surface area contributed by atoms with Crippen LogP contribution in [0.4, 0.5) is 0 Å². The maximum Gasteiger partial charge on any atom is 0.310 e. The van der Waals surface area contributed by atoms with Crippen LogP contribution in [-0.4, -0.2) is 79.5 Å². The summed E-state index contributed by atoms with van der Waals surface area (Å²) in [5.41, 5.74) is -0.801. The first-order valence-corrected chi connectivity index (χ1v) is 7.41. The summed E-state index contributed by atoms with van der Waals surface area (Å²) in [7, 11) is 33.8. The Hall–Kier alpha value is -3.01. The van der Waals surface area contributed by atoms with Crippen molar-refractivity contribution in [2.75, 3.05) is 0 Å². The number of pyridine rings is 1. The average molecular weight is 356 g/mol. The van der Waals surface area contributed by atoms with Crippen molar-refractivity contribution in [1.29, 1.82) is 5.26 Å². The number of nitrogens with one attached hydrogen (secondary N) is 1. The lowest BCUT2D eigenvalue weighted by Crippen LogP contribution is -2.55. The monoisotopic (exact) mass is 357 g/mol. The number of nitrogens with zero attached hydrogens (tertiary/aromatic N) is 2. The van der Waals surface area contributed by atoms with Crippen LogP contribution in [0.5, 0.6) is 5.75 Å². The molecule has 0 unspecified atom stereocenters. The Balaban J connectivity index is 2.55. The van der Waals surface area contributed by atoms with Crippen LogP contribution in [-0.2, 0) is 4.79 Å². The molecule has 1 heterocycles. The molecule has 0 saturated carbocycles. The second-order valence-electron chi connectivity index (χ2n) is 5.74. The van der Waals surface area contributed by atoms with Gasteiger partial charge in [0, 0.05) is 17.3 Å². The summed E-state index contributed by atoms with van der Waals surface area (Å²) in [6.45, 7) is 0. The van der Waals surface area contributed by atoms with Gasteiger partial charge in [-0.2, -0.15) is 5.26 Å². The number of carboxylic acids is 1. The molecule has 1 aromatic carbocycles. The van der Waals surface area contributed by atoms with Crippen LogP contribution >= 0.6 is 0 Å². The third-order valence-corrected chi connectivity index (χ3v) is 3.82. The van der Waals surface area contributed by atoms with Gasteiger partial charge in [-0.05, 0) is 11.6 Å². The first-order chi connectivity index (χ1) is 12.9. The zero-order chi connectivity index (χ0) is 21.4. The van der Waals surface area contributed by atoms with E-state index in [0.29, 0.717) is 0 Å². The van der Waals surface area contributed by atoms with E-state index in [1.54, 1.807) is 11.4 Å². The number of carbonyl (C=O) groups excluding carboxylic acids is 1. The SMILES string of the molecule is [B]c1c([B])c(C#N)c([B])c(-c2cnc(C(=O)NC([B])([B])C(=O)O)c(O)c2)c1[B]. The van der Waals surface area contributed by atoms with Gasteiger partial charge in [0.2, 0.25) is 0 Å². The predicted molar refractivity (Wildman–Crippen MR) is 107 cm³/mol. The van der Waals surface area contributed by atoms with E-state index >= 15 is 0 Å². The quantitative estimate of drug-likeness (QED) is 0.473. The van der Waals surface area contributed by atoms with Gasteiger partial charge in [0.15, 0.2) is 5.69 Å². The summed E-state index contributed by atoms with van der Waals surface area (Å²) in [4.78, 5) is 26.7. The number of benzene rings is 1. The number of nitriles is 1. The second kappa shape index (κ2) is 7.55. The lowest BCUT2D eigenvalue weighted by atomic mass is 9.62. The van der Waals surface area contributed by atoms with Gasteiger partial charge in [-0.15, -0.1) is 5.46 Å². The normalized spacial score (nSPS) is 10.8. The Kier molecular flexibility index (Phi) is 5.74. The van der Waals surface area contributed by atoms with Crippen LogP contribution in [0.15, 0.2) is 12.3 Å². The van der Waals surface area contributed by atoms with Crippen LogP contribution in [0.2, 0.25) is 0 Å². The van der Waals surface area contributed by atoms with Gasteiger partial charge >= 0.3 is 5.97 Å². The molecular formula is C15H5B6N3O4. The highest BCUT2D eigenvalue weighted by atomic mass is 16.4. The molecule has 7 nitrogen and oxygen atoms in total. The number of rotatable bonds is 4. The first-order valence-electron chi connectivity index (χ1n) is 7.41. The maximum atomic E-state index is 12.1. The summed E-state index contributed by atoms with van der Waals surface area (Å²) in [6.07, 6.45) is 1.10. The first kappa shape index (κ1) is 21.3. The van der Waals surface area contributed by atoms with E-state index in [-0.39, 0.29) is 38.5 Å². The Morgan fingerprint density at radius 1 is 1.11 bits per heavy atom. The summed E-state index contributed by atoms with van der Waals surface area (Å²) >= 11 is 0. The van der Waals surface area contributed by atoms with Gasteiger partial charge in [0.1, 0.15) is 52.8 Å². The molecule has 0 spiro atoms. The minimum Gasteiger partial charge on any atom is -0.505 e. The van der Waals surface area contributed by atoms with Crippen LogP contribution in [0.25, 0.3) is 11.1 Å². The molecule has 28 heavy (non-hydrogen) atoms. The molecule has 0 saturated heterocycles. The van der Waals surface area contributed by atoms with Crippen LogP contribution in [0, 0.1) is 11.3 Å². The molecule has 2 aromatic rings. The molecule has 12 radical (unpaired) electrons. The fourth-order valence-electron chi connectivity index (χ4n) is 2.33. The molecule has 0 bridgehead atoms. The van der Waals surface area contributed by atoms with Crippen LogP contribution < -0.4 is 27.2 Å². The van der Waals surface area contributed by atoms with Crippen molar-refractivity contribution < 1.29 is 19.8 Å². The van der Waals surface area contributed by atoms with Crippen molar-refractivity contribution in [3.8, 4) is 22.9 Å². The van der Waals surface area contributed by atoms with Gasteiger partial charge in [-0.3, -0.25) is 9.59 Å². The number of aromatic nitrogens is 1. The summed E-state index contributed by atoms with van der Waals surface area (Å²) in [5, 5.41) is 27.4. The zero-order valence-electron chi connectivity index (χ0n) is 14.2. The summed E-state index contributed by atoms with van der Waals surface area (Å²) in [5.74, 6) is -3.52. The van der Waals surface area contributed by atoms with E-state index in [1.807, 2.05) is 0 Å². The Morgan fingerprint density at radius 2 is 1.71 bits per heavy atom. The zero-order valence-corrected chi connectivity index (χ0v) is 14.2. The van der Waals surface area contributed by atoms with Gasteiger partial charge < -0.3 is 15.5 Å². The molecule has 3 N–H and O–H groups in total. The van der Waals surface area contributed by atoms with E-state index in [1.165, 1.54) is 0 Å². The number of aromatic hydroxyl groups is 1. The van der Waals surface area contributed by atoms with Crippen molar-refractivity contribution in [2.45, 2.75) is 5.34 Å².